The van der Waals surface area contributed by atoms with Crippen LogP contribution in [0.25, 0.3) is 10.9 Å². The van der Waals surface area contributed by atoms with Crippen LogP contribution in [0.4, 0.5) is 10.5 Å². The van der Waals surface area contributed by atoms with Gasteiger partial charge in [-0.2, -0.15) is 0 Å². The van der Waals surface area contributed by atoms with Gasteiger partial charge in [0.15, 0.2) is 0 Å². The van der Waals surface area contributed by atoms with E-state index in [1.165, 1.54) is 4.57 Å². The van der Waals surface area contributed by atoms with E-state index in [-0.39, 0.29) is 30.9 Å². The Labute approximate surface area is 194 Å². The van der Waals surface area contributed by atoms with Crippen molar-refractivity contribution in [2.45, 2.75) is 39.3 Å². The number of nitrogens with one attached hydrogen (secondary N) is 3. The fourth-order valence-electron chi connectivity index (χ4n) is 3.79. The lowest BCUT2D eigenvalue weighted by atomic mass is 10.0. The van der Waals surface area contributed by atoms with Gasteiger partial charge in [-0.15, -0.1) is 0 Å². The summed E-state index contributed by atoms with van der Waals surface area (Å²) in [6.45, 7) is 3.70. The Morgan fingerprint density at radius 2 is 1.97 bits per heavy atom. The number of imide groups is 1. The smallest absolute Gasteiger partial charge is 0.319 e. The van der Waals surface area contributed by atoms with Crippen molar-refractivity contribution in [2.75, 3.05) is 5.32 Å². The molecule has 0 spiro atoms. The molecule has 1 aliphatic heterocycles. The molecule has 0 unspecified atom stereocenters. The highest BCUT2D eigenvalue weighted by Crippen LogP contribution is 2.21. The minimum Gasteiger partial charge on any atom is -0.334 e. The molecule has 10 heteroatoms. The maximum atomic E-state index is 13.2. The van der Waals surface area contributed by atoms with Crippen molar-refractivity contribution >= 4 is 46.0 Å². The van der Waals surface area contributed by atoms with Crippen molar-refractivity contribution in [2.24, 2.45) is 0 Å². The summed E-state index contributed by atoms with van der Waals surface area (Å²) in [5.41, 5.74) is 2.28. The van der Waals surface area contributed by atoms with Gasteiger partial charge in [-0.3, -0.25) is 24.3 Å². The molecule has 4 rings (SSSR count). The number of piperidine rings is 1. The van der Waals surface area contributed by atoms with Gasteiger partial charge in [0, 0.05) is 23.7 Å². The van der Waals surface area contributed by atoms with Crippen LogP contribution in [0.15, 0.2) is 41.2 Å². The van der Waals surface area contributed by atoms with Gasteiger partial charge >= 0.3 is 6.03 Å². The molecule has 1 aliphatic rings. The van der Waals surface area contributed by atoms with Gasteiger partial charge in [-0.1, -0.05) is 23.7 Å². The zero-order valence-corrected chi connectivity index (χ0v) is 18.8. The number of urea groups is 1. The molecule has 0 saturated carbocycles. The number of nitrogens with zero attached hydrogens (tertiary/aromatic N) is 2. The third-order valence-corrected chi connectivity index (χ3v) is 5.95. The third kappa shape index (κ3) is 4.73. The second kappa shape index (κ2) is 9.03. The highest BCUT2D eigenvalue weighted by Gasteiger charge is 2.30. The minimum atomic E-state index is -0.791. The van der Waals surface area contributed by atoms with E-state index in [2.05, 4.69) is 20.9 Å². The topological polar surface area (TPSA) is 122 Å². The first-order valence-electron chi connectivity index (χ1n) is 10.4. The first kappa shape index (κ1) is 22.5. The largest absolute Gasteiger partial charge is 0.334 e. The first-order valence-corrected chi connectivity index (χ1v) is 10.8. The van der Waals surface area contributed by atoms with Gasteiger partial charge < -0.3 is 10.6 Å². The van der Waals surface area contributed by atoms with E-state index in [1.807, 2.05) is 13.0 Å². The summed E-state index contributed by atoms with van der Waals surface area (Å²) < 4.78 is 1.33. The van der Waals surface area contributed by atoms with Gasteiger partial charge in [0.2, 0.25) is 11.8 Å². The number of aromatic nitrogens is 2. The highest BCUT2D eigenvalue weighted by atomic mass is 35.5. The molecule has 3 aromatic rings. The molecule has 0 bridgehead atoms. The monoisotopic (exact) mass is 467 g/mol. The number of aryl methyl sites for hydroxylation is 2. The number of hydrogen-bond donors (Lipinski definition) is 3. The lowest BCUT2D eigenvalue weighted by molar-refractivity contribution is -0.135. The number of rotatable bonds is 4. The Bertz CT molecular complexity index is 1350. The normalized spacial score (nSPS) is 15.9. The molecule has 1 fully saturated rings. The summed E-state index contributed by atoms with van der Waals surface area (Å²) in [6, 6.07) is 9.14. The zero-order chi connectivity index (χ0) is 23.7. The zero-order valence-electron chi connectivity index (χ0n) is 18.1. The number of carbonyl (C=O) groups is 3. The number of carbonyl (C=O) groups excluding carboxylic acids is 3. The van der Waals surface area contributed by atoms with E-state index in [1.54, 1.807) is 37.3 Å². The molecule has 2 aromatic carbocycles. The summed E-state index contributed by atoms with van der Waals surface area (Å²) in [7, 11) is 0. The summed E-state index contributed by atoms with van der Waals surface area (Å²) in [5.74, 6) is -0.470. The first-order chi connectivity index (χ1) is 15.7. The van der Waals surface area contributed by atoms with Gasteiger partial charge in [-0.05, 0) is 55.7 Å². The van der Waals surface area contributed by atoms with Crippen molar-refractivity contribution in [1.82, 2.24) is 20.2 Å². The minimum absolute atomic E-state index is 0.158. The second-order valence-corrected chi connectivity index (χ2v) is 8.33. The summed E-state index contributed by atoms with van der Waals surface area (Å²) in [6.07, 6.45) is 0.397. The number of fused-ring (bicyclic) bond motifs is 1. The predicted molar refractivity (Wildman–Crippen MR) is 124 cm³/mol. The van der Waals surface area contributed by atoms with E-state index in [0.29, 0.717) is 33.0 Å². The van der Waals surface area contributed by atoms with E-state index in [4.69, 9.17) is 11.6 Å². The van der Waals surface area contributed by atoms with Crippen LogP contribution in [0.1, 0.15) is 35.8 Å². The SMILES string of the molecule is Cc1ccc(NC(=O)NCc2ccc3nc(C)n([C@@H]4CCC(=O)NC4=O)c(=O)c3c2)cc1Cl. The Morgan fingerprint density at radius 3 is 2.70 bits per heavy atom. The average Bonchev–Trinajstić information content (AvgIpc) is 2.76. The van der Waals surface area contributed by atoms with E-state index < -0.39 is 18.0 Å². The third-order valence-electron chi connectivity index (χ3n) is 5.55. The lowest BCUT2D eigenvalue weighted by Gasteiger charge is -2.24. The number of anilines is 1. The van der Waals surface area contributed by atoms with Gasteiger partial charge in [0.1, 0.15) is 11.9 Å². The van der Waals surface area contributed by atoms with Crippen LogP contribution in [-0.4, -0.2) is 27.4 Å². The van der Waals surface area contributed by atoms with Crippen LogP contribution >= 0.6 is 11.6 Å². The molecule has 1 atom stereocenters. The van der Waals surface area contributed by atoms with Gasteiger partial charge in [0.25, 0.3) is 5.56 Å². The lowest BCUT2D eigenvalue weighted by Crippen LogP contribution is -2.45. The van der Waals surface area contributed by atoms with Crippen LogP contribution in [0, 0.1) is 13.8 Å². The standard InChI is InChI=1S/C23H22ClN5O4/c1-12-3-5-15(10-17(12)24)27-23(33)25-11-14-4-6-18-16(9-14)22(32)29(13(2)26-18)19-7-8-20(30)28-21(19)31/h3-6,9-10,19H,7-8,11H2,1-2H3,(H2,25,27,33)(H,28,30,31)/t19-/m1/s1. The van der Waals surface area contributed by atoms with Gasteiger partial charge in [0.05, 0.1) is 10.9 Å². The fraction of sp³-hybridized carbons (Fsp3) is 0.261. The van der Waals surface area contributed by atoms with Crippen molar-refractivity contribution < 1.29 is 14.4 Å². The Morgan fingerprint density at radius 1 is 1.18 bits per heavy atom. The summed E-state index contributed by atoms with van der Waals surface area (Å²) >= 11 is 6.09. The molecule has 1 saturated heterocycles. The van der Waals surface area contributed by atoms with E-state index in [9.17, 15) is 19.2 Å². The number of hydrogen-bond acceptors (Lipinski definition) is 5. The van der Waals surface area contributed by atoms with E-state index >= 15 is 0 Å². The highest BCUT2D eigenvalue weighted by molar-refractivity contribution is 6.31. The van der Waals surface area contributed by atoms with Crippen molar-refractivity contribution in [3.63, 3.8) is 0 Å². The maximum absolute atomic E-state index is 13.2. The van der Waals surface area contributed by atoms with Crippen molar-refractivity contribution in [3.05, 3.63) is 68.7 Å². The van der Waals surface area contributed by atoms with E-state index in [0.717, 1.165) is 5.56 Å². The molecule has 0 aliphatic carbocycles. The number of halogens is 1. The molecule has 3 N–H and O–H groups in total. The molecule has 33 heavy (non-hydrogen) atoms. The Hall–Kier alpha value is -3.72. The van der Waals surface area contributed by atoms with Gasteiger partial charge in [-0.25, -0.2) is 9.78 Å². The van der Waals surface area contributed by atoms with Crippen LogP contribution in [0.5, 0.6) is 0 Å². The molecule has 1 aromatic heterocycles. The molecule has 9 nitrogen and oxygen atoms in total. The molecule has 0 radical (unpaired) electrons. The maximum Gasteiger partial charge on any atom is 0.319 e. The van der Waals surface area contributed by atoms with Crippen molar-refractivity contribution in [1.29, 1.82) is 0 Å². The molecule has 2 heterocycles. The summed E-state index contributed by atoms with van der Waals surface area (Å²) in [4.78, 5) is 53.7. The fourth-order valence-corrected chi connectivity index (χ4v) is 3.97. The van der Waals surface area contributed by atoms with Crippen LogP contribution in [-0.2, 0) is 16.1 Å². The van der Waals surface area contributed by atoms with Crippen LogP contribution in [0.3, 0.4) is 0 Å². The summed E-state index contributed by atoms with van der Waals surface area (Å²) in [5, 5.41) is 8.61. The quantitative estimate of drug-likeness (QED) is 0.509. The van der Waals surface area contributed by atoms with Crippen LogP contribution in [0.2, 0.25) is 5.02 Å². The molecule has 4 amide bonds. The second-order valence-electron chi connectivity index (χ2n) is 7.92. The number of amides is 4. The van der Waals surface area contributed by atoms with Crippen LogP contribution < -0.4 is 21.5 Å². The number of benzene rings is 2. The Kier molecular flexibility index (Phi) is 6.15. The average molecular weight is 468 g/mol. The molecule has 170 valence electrons. The predicted octanol–water partition coefficient (Wildman–Crippen LogP) is 2.97. The molecular weight excluding hydrogens is 446 g/mol. The van der Waals surface area contributed by atoms with Crippen molar-refractivity contribution in [3.8, 4) is 0 Å². The Balaban J connectivity index is 1.54. The molecular formula is C23H22ClN5O4.